The van der Waals surface area contributed by atoms with Crippen molar-refractivity contribution in [1.29, 1.82) is 0 Å². The van der Waals surface area contributed by atoms with Crippen molar-refractivity contribution >= 4 is 29.9 Å². The Balaban J connectivity index is 0.00000147. The molecule has 3 aliphatic rings. The van der Waals surface area contributed by atoms with Crippen molar-refractivity contribution in [3.8, 4) is 0 Å². The van der Waals surface area contributed by atoms with Crippen molar-refractivity contribution in [3.05, 3.63) is 0 Å². The Morgan fingerprint density at radius 1 is 1.30 bits per heavy atom. The van der Waals surface area contributed by atoms with Crippen LogP contribution >= 0.6 is 24.0 Å². The summed E-state index contributed by atoms with van der Waals surface area (Å²) in [7, 11) is 1.81. The predicted molar refractivity (Wildman–Crippen MR) is 89.8 cm³/mol. The van der Waals surface area contributed by atoms with Gasteiger partial charge in [-0.15, -0.1) is 24.0 Å². The van der Waals surface area contributed by atoms with Crippen LogP contribution in [0.15, 0.2) is 4.99 Å². The second kappa shape index (κ2) is 7.79. The van der Waals surface area contributed by atoms with E-state index in [9.17, 15) is 0 Å². The summed E-state index contributed by atoms with van der Waals surface area (Å²) >= 11 is 0. The molecule has 0 amide bonds. The molecule has 2 heterocycles. The molecule has 3 fully saturated rings. The van der Waals surface area contributed by atoms with E-state index in [1.54, 1.807) is 0 Å². The minimum absolute atomic E-state index is 0. The first-order valence-corrected chi connectivity index (χ1v) is 7.55. The summed E-state index contributed by atoms with van der Waals surface area (Å²) in [6.45, 7) is 2.49. The second-order valence-electron chi connectivity index (χ2n) is 5.88. The summed E-state index contributed by atoms with van der Waals surface area (Å²) in [6, 6.07) is 0.428. The van der Waals surface area contributed by atoms with Gasteiger partial charge in [-0.2, -0.15) is 0 Å². The van der Waals surface area contributed by atoms with E-state index in [-0.39, 0.29) is 24.0 Å². The Kier molecular flexibility index (Phi) is 6.35. The lowest BCUT2D eigenvalue weighted by atomic mass is 9.96. The standard InChI is InChI=1S/C14H25N3O2.HI/c1-15-14(16-6-7-18-9-10-2-3-10)17-12-8-11-4-5-13(12)19-11;/h10-13H,2-9H2,1H3,(H2,15,16,17);1H. The Morgan fingerprint density at radius 2 is 2.15 bits per heavy atom. The van der Waals surface area contributed by atoms with Gasteiger partial charge in [-0.05, 0) is 38.0 Å². The molecule has 0 radical (unpaired) electrons. The number of hydrogen-bond acceptors (Lipinski definition) is 3. The first kappa shape index (κ1) is 16.3. The number of guanidine groups is 1. The Bertz CT molecular complexity index is 336. The smallest absolute Gasteiger partial charge is 0.191 e. The molecule has 3 unspecified atom stereocenters. The fourth-order valence-corrected chi connectivity index (χ4v) is 2.94. The Labute approximate surface area is 138 Å². The SMILES string of the molecule is CN=C(NCCOCC1CC1)NC1CC2CCC1O2.I. The summed E-state index contributed by atoms with van der Waals surface area (Å²) in [4.78, 5) is 4.26. The number of fused-ring (bicyclic) bond motifs is 2. The van der Waals surface area contributed by atoms with Gasteiger partial charge in [0.2, 0.25) is 0 Å². The third-order valence-corrected chi connectivity index (χ3v) is 4.24. The summed E-state index contributed by atoms with van der Waals surface area (Å²) in [5.74, 6) is 1.71. The Hall–Kier alpha value is -0.0800. The van der Waals surface area contributed by atoms with Crippen LogP contribution in [-0.4, -0.2) is 51.0 Å². The molecule has 0 spiro atoms. The third kappa shape index (κ3) is 4.46. The Morgan fingerprint density at radius 3 is 2.75 bits per heavy atom. The van der Waals surface area contributed by atoms with E-state index < -0.39 is 0 Å². The molecule has 3 atom stereocenters. The highest BCUT2D eigenvalue weighted by molar-refractivity contribution is 14.0. The van der Waals surface area contributed by atoms with Gasteiger partial charge >= 0.3 is 0 Å². The average molecular weight is 395 g/mol. The van der Waals surface area contributed by atoms with Crippen LogP contribution in [0.25, 0.3) is 0 Å². The van der Waals surface area contributed by atoms with Gasteiger partial charge < -0.3 is 20.1 Å². The largest absolute Gasteiger partial charge is 0.379 e. The van der Waals surface area contributed by atoms with E-state index in [4.69, 9.17) is 9.47 Å². The van der Waals surface area contributed by atoms with Gasteiger partial charge in [0.05, 0.1) is 24.9 Å². The van der Waals surface area contributed by atoms with Crippen molar-refractivity contribution < 1.29 is 9.47 Å². The van der Waals surface area contributed by atoms with E-state index in [1.807, 2.05) is 7.05 Å². The number of halogens is 1. The second-order valence-corrected chi connectivity index (χ2v) is 5.88. The molecule has 2 saturated heterocycles. The number of hydrogen-bond donors (Lipinski definition) is 2. The van der Waals surface area contributed by atoms with Crippen LogP contribution < -0.4 is 10.6 Å². The van der Waals surface area contributed by atoms with E-state index in [1.165, 1.54) is 25.7 Å². The maximum absolute atomic E-state index is 5.84. The van der Waals surface area contributed by atoms with Gasteiger partial charge in [0.15, 0.2) is 5.96 Å². The van der Waals surface area contributed by atoms with E-state index in [0.29, 0.717) is 18.2 Å². The maximum Gasteiger partial charge on any atom is 0.191 e. The number of ether oxygens (including phenoxy) is 2. The zero-order valence-corrected chi connectivity index (χ0v) is 14.5. The molecule has 5 nitrogen and oxygen atoms in total. The minimum Gasteiger partial charge on any atom is -0.379 e. The highest BCUT2D eigenvalue weighted by atomic mass is 127. The van der Waals surface area contributed by atoms with Crippen LogP contribution in [0.4, 0.5) is 0 Å². The number of rotatable bonds is 6. The molecule has 2 N–H and O–H groups in total. The fourth-order valence-electron chi connectivity index (χ4n) is 2.94. The summed E-state index contributed by atoms with van der Waals surface area (Å²) < 4.78 is 11.4. The number of aliphatic imine (C=N–C) groups is 1. The molecular weight excluding hydrogens is 369 g/mol. The first-order chi connectivity index (χ1) is 9.35. The number of nitrogens with one attached hydrogen (secondary N) is 2. The van der Waals surface area contributed by atoms with Crippen LogP contribution in [0.3, 0.4) is 0 Å². The quantitative estimate of drug-likeness (QED) is 0.310. The molecule has 2 bridgehead atoms. The number of nitrogens with zero attached hydrogens (tertiary/aromatic N) is 1. The zero-order chi connectivity index (χ0) is 13.1. The van der Waals surface area contributed by atoms with Crippen molar-refractivity contribution in [2.75, 3.05) is 26.8 Å². The lowest BCUT2D eigenvalue weighted by Gasteiger charge is -2.22. The topological polar surface area (TPSA) is 54.9 Å². The highest BCUT2D eigenvalue weighted by Crippen LogP contribution is 2.34. The van der Waals surface area contributed by atoms with Crippen LogP contribution in [0.5, 0.6) is 0 Å². The van der Waals surface area contributed by atoms with Gasteiger partial charge in [0, 0.05) is 20.2 Å². The molecule has 6 heteroatoms. The molecule has 0 aromatic heterocycles. The molecule has 2 aliphatic heterocycles. The monoisotopic (exact) mass is 395 g/mol. The summed E-state index contributed by atoms with van der Waals surface area (Å²) in [6.07, 6.45) is 7.08. The molecule has 0 aromatic rings. The van der Waals surface area contributed by atoms with Crippen LogP contribution in [0.2, 0.25) is 0 Å². The highest BCUT2D eigenvalue weighted by Gasteiger charge is 2.41. The molecule has 3 rings (SSSR count). The van der Waals surface area contributed by atoms with Crippen molar-refractivity contribution in [2.24, 2.45) is 10.9 Å². The van der Waals surface area contributed by atoms with Gasteiger partial charge in [-0.3, -0.25) is 4.99 Å². The van der Waals surface area contributed by atoms with Crippen LogP contribution in [0.1, 0.15) is 32.1 Å². The molecule has 20 heavy (non-hydrogen) atoms. The molecular formula is C14H26IN3O2. The summed E-state index contributed by atoms with van der Waals surface area (Å²) in [5.41, 5.74) is 0. The normalized spacial score (nSPS) is 32.0. The maximum atomic E-state index is 5.84. The van der Waals surface area contributed by atoms with Crippen molar-refractivity contribution in [2.45, 2.75) is 50.4 Å². The lowest BCUT2D eigenvalue weighted by molar-refractivity contribution is 0.0991. The zero-order valence-electron chi connectivity index (χ0n) is 12.1. The van der Waals surface area contributed by atoms with Crippen LogP contribution in [0, 0.1) is 5.92 Å². The minimum atomic E-state index is 0. The first-order valence-electron chi connectivity index (χ1n) is 7.55. The van der Waals surface area contributed by atoms with Gasteiger partial charge in [-0.1, -0.05) is 0 Å². The molecule has 0 aromatic carbocycles. The van der Waals surface area contributed by atoms with Gasteiger partial charge in [-0.25, -0.2) is 0 Å². The predicted octanol–water partition coefficient (Wildman–Crippen LogP) is 1.52. The van der Waals surface area contributed by atoms with E-state index in [0.717, 1.165) is 38.1 Å². The van der Waals surface area contributed by atoms with Crippen LogP contribution in [-0.2, 0) is 9.47 Å². The molecule has 116 valence electrons. The average Bonchev–Trinajstić information content (AvgIpc) is 3.02. The third-order valence-electron chi connectivity index (χ3n) is 4.24. The van der Waals surface area contributed by atoms with E-state index >= 15 is 0 Å². The van der Waals surface area contributed by atoms with Crippen molar-refractivity contribution in [3.63, 3.8) is 0 Å². The molecule has 1 saturated carbocycles. The van der Waals surface area contributed by atoms with E-state index in [2.05, 4.69) is 15.6 Å². The fraction of sp³-hybridized carbons (Fsp3) is 0.929. The summed E-state index contributed by atoms with van der Waals surface area (Å²) in [5, 5.41) is 6.78. The van der Waals surface area contributed by atoms with Gasteiger partial charge in [0.25, 0.3) is 0 Å². The molecule has 1 aliphatic carbocycles. The lowest BCUT2D eigenvalue weighted by Crippen LogP contribution is -2.48. The van der Waals surface area contributed by atoms with Gasteiger partial charge in [0.1, 0.15) is 0 Å². The van der Waals surface area contributed by atoms with Crippen molar-refractivity contribution in [1.82, 2.24) is 10.6 Å².